The molecule has 0 saturated carbocycles. The lowest BCUT2D eigenvalue weighted by atomic mass is 10.2. The summed E-state index contributed by atoms with van der Waals surface area (Å²) in [4.78, 5) is 8.48. The normalized spacial score (nSPS) is 13.8. The van der Waals surface area contributed by atoms with Crippen LogP contribution in [0.1, 0.15) is 39.4 Å². The fourth-order valence-corrected chi connectivity index (χ4v) is 2.27. The molecule has 4 heteroatoms. The number of hydrogen-bond donors (Lipinski definition) is 1. The summed E-state index contributed by atoms with van der Waals surface area (Å²) in [5.74, 6) is 1.02. The molecular weight excluding hydrogens is 218 g/mol. The summed E-state index contributed by atoms with van der Waals surface area (Å²) >= 11 is 1.95. The van der Waals surface area contributed by atoms with Crippen LogP contribution >= 0.6 is 11.8 Å². The molecule has 1 aromatic heterocycles. The van der Waals surface area contributed by atoms with E-state index in [4.69, 9.17) is 0 Å². The average molecular weight is 239 g/mol. The minimum atomic E-state index is 0.288. The van der Waals surface area contributed by atoms with Crippen LogP contribution in [0.15, 0.2) is 18.6 Å². The molecule has 1 heterocycles. The predicted octanol–water partition coefficient (Wildman–Crippen LogP) is 2.66. The molecular formula is C12H21N3S. The highest BCUT2D eigenvalue weighted by atomic mass is 32.2. The van der Waals surface area contributed by atoms with Gasteiger partial charge in [0, 0.05) is 29.1 Å². The van der Waals surface area contributed by atoms with Crippen LogP contribution in [0.4, 0.5) is 0 Å². The zero-order valence-electron chi connectivity index (χ0n) is 10.5. The third-order valence-electron chi connectivity index (χ3n) is 2.07. The lowest BCUT2D eigenvalue weighted by molar-refractivity contribution is 0.586. The molecule has 0 aliphatic carbocycles. The maximum atomic E-state index is 4.36. The van der Waals surface area contributed by atoms with E-state index in [0.29, 0.717) is 6.04 Å². The zero-order chi connectivity index (χ0) is 12.0. The Labute approximate surface area is 102 Å². The SMILES string of the molecule is CCNC(CSC(C)(C)C)c1cnccn1. The van der Waals surface area contributed by atoms with E-state index in [0.717, 1.165) is 18.0 Å². The van der Waals surface area contributed by atoms with Crippen molar-refractivity contribution in [3.05, 3.63) is 24.3 Å². The quantitative estimate of drug-likeness (QED) is 0.857. The van der Waals surface area contributed by atoms with Crippen LogP contribution < -0.4 is 5.32 Å². The fourth-order valence-electron chi connectivity index (χ4n) is 1.32. The molecule has 0 aromatic carbocycles. The molecule has 3 nitrogen and oxygen atoms in total. The van der Waals surface area contributed by atoms with Gasteiger partial charge in [-0.15, -0.1) is 0 Å². The highest BCUT2D eigenvalue weighted by molar-refractivity contribution is 8.00. The van der Waals surface area contributed by atoms with Crippen molar-refractivity contribution in [1.29, 1.82) is 0 Å². The van der Waals surface area contributed by atoms with Crippen molar-refractivity contribution in [1.82, 2.24) is 15.3 Å². The van der Waals surface area contributed by atoms with Crippen LogP contribution in [-0.2, 0) is 0 Å². The van der Waals surface area contributed by atoms with Gasteiger partial charge in [-0.05, 0) is 6.54 Å². The fraction of sp³-hybridized carbons (Fsp3) is 0.667. The Morgan fingerprint density at radius 3 is 2.62 bits per heavy atom. The van der Waals surface area contributed by atoms with Gasteiger partial charge in [-0.2, -0.15) is 11.8 Å². The third kappa shape index (κ3) is 4.94. The first-order valence-electron chi connectivity index (χ1n) is 5.66. The second-order valence-electron chi connectivity index (χ2n) is 4.66. The lowest BCUT2D eigenvalue weighted by Crippen LogP contribution is -2.25. The molecule has 1 rings (SSSR count). The van der Waals surface area contributed by atoms with Gasteiger partial charge in [-0.3, -0.25) is 9.97 Å². The van der Waals surface area contributed by atoms with Gasteiger partial charge in [0.25, 0.3) is 0 Å². The van der Waals surface area contributed by atoms with Gasteiger partial charge < -0.3 is 5.32 Å². The van der Waals surface area contributed by atoms with Gasteiger partial charge in [0.15, 0.2) is 0 Å². The number of hydrogen-bond acceptors (Lipinski definition) is 4. The molecule has 0 amide bonds. The van der Waals surface area contributed by atoms with Crippen molar-refractivity contribution in [2.45, 2.75) is 38.5 Å². The minimum absolute atomic E-state index is 0.288. The van der Waals surface area contributed by atoms with Gasteiger partial charge in [-0.25, -0.2) is 0 Å². The standard InChI is InChI=1S/C12H21N3S/c1-5-14-11(9-16-12(2,3)4)10-8-13-6-7-15-10/h6-8,11,14H,5,9H2,1-4H3. The second kappa shape index (κ2) is 6.21. The predicted molar refractivity (Wildman–Crippen MR) is 70.7 cm³/mol. The van der Waals surface area contributed by atoms with Crippen molar-refractivity contribution in [2.75, 3.05) is 12.3 Å². The second-order valence-corrected chi connectivity index (χ2v) is 6.51. The molecule has 0 fully saturated rings. The lowest BCUT2D eigenvalue weighted by Gasteiger charge is -2.23. The molecule has 1 unspecified atom stereocenters. The smallest absolute Gasteiger partial charge is 0.0764 e. The number of rotatable bonds is 5. The molecule has 1 atom stereocenters. The van der Waals surface area contributed by atoms with Gasteiger partial charge in [0.05, 0.1) is 11.7 Å². The Hall–Kier alpha value is -0.610. The highest BCUT2D eigenvalue weighted by Crippen LogP contribution is 2.27. The number of aromatic nitrogens is 2. The molecule has 0 bridgehead atoms. The number of thioether (sulfide) groups is 1. The van der Waals surface area contributed by atoms with E-state index in [1.54, 1.807) is 12.4 Å². The Balaban J connectivity index is 2.61. The van der Waals surface area contributed by atoms with Crippen molar-refractivity contribution < 1.29 is 0 Å². The van der Waals surface area contributed by atoms with E-state index in [1.165, 1.54) is 0 Å². The summed E-state index contributed by atoms with van der Waals surface area (Å²) in [6, 6.07) is 0.294. The largest absolute Gasteiger partial charge is 0.308 e. The Kier molecular flexibility index (Phi) is 5.22. The van der Waals surface area contributed by atoms with E-state index in [-0.39, 0.29) is 4.75 Å². The first-order valence-corrected chi connectivity index (χ1v) is 6.64. The Bertz CT molecular complexity index is 295. The number of nitrogens with zero attached hydrogens (tertiary/aromatic N) is 2. The first-order chi connectivity index (χ1) is 7.53. The van der Waals surface area contributed by atoms with Crippen LogP contribution in [-0.4, -0.2) is 27.0 Å². The van der Waals surface area contributed by atoms with Crippen molar-refractivity contribution >= 4 is 11.8 Å². The maximum Gasteiger partial charge on any atom is 0.0764 e. The molecule has 0 radical (unpaired) electrons. The van der Waals surface area contributed by atoms with Crippen LogP contribution in [0.2, 0.25) is 0 Å². The van der Waals surface area contributed by atoms with E-state index in [2.05, 4.69) is 43.0 Å². The van der Waals surface area contributed by atoms with Crippen LogP contribution in [0.3, 0.4) is 0 Å². The van der Waals surface area contributed by atoms with E-state index >= 15 is 0 Å². The van der Waals surface area contributed by atoms with Crippen molar-refractivity contribution in [3.63, 3.8) is 0 Å². The topological polar surface area (TPSA) is 37.8 Å². The van der Waals surface area contributed by atoms with Crippen LogP contribution in [0.5, 0.6) is 0 Å². The van der Waals surface area contributed by atoms with Crippen LogP contribution in [0.25, 0.3) is 0 Å². The van der Waals surface area contributed by atoms with Gasteiger partial charge in [0.2, 0.25) is 0 Å². The molecule has 0 spiro atoms. The molecule has 0 aliphatic rings. The van der Waals surface area contributed by atoms with Crippen molar-refractivity contribution in [3.8, 4) is 0 Å². The molecule has 16 heavy (non-hydrogen) atoms. The minimum Gasteiger partial charge on any atom is -0.308 e. The van der Waals surface area contributed by atoms with E-state index in [1.807, 2.05) is 18.0 Å². The summed E-state index contributed by atoms with van der Waals surface area (Å²) in [6.07, 6.45) is 5.31. The highest BCUT2D eigenvalue weighted by Gasteiger charge is 2.17. The van der Waals surface area contributed by atoms with Gasteiger partial charge >= 0.3 is 0 Å². The summed E-state index contributed by atoms with van der Waals surface area (Å²) in [5, 5.41) is 3.45. The summed E-state index contributed by atoms with van der Waals surface area (Å²) in [6.45, 7) is 9.77. The zero-order valence-corrected chi connectivity index (χ0v) is 11.3. The van der Waals surface area contributed by atoms with E-state index in [9.17, 15) is 0 Å². The van der Waals surface area contributed by atoms with Crippen LogP contribution in [0, 0.1) is 0 Å². The summed E-state index contributed by atoms with van der Waals surface area (Å²) in [7, 11) is 0. The molecule has 1 N–H and O–H groups in total. The molecule has 0 aliphatic heterocycles. The summed E-state index contributed by atoms with van der Waals surface area (Å²) < 4.78 is 0.288. The molecule has 0 saturated heterocycles. The van der Waals surface area contributed by atoms with Gasteiger partial charge in [-0.1, -0.05) is 27.7 Å². The first kappa shape index (κ1) is 13.5. The number of nitrogens with one attached hydrogen (secondary N) is 1. The maximum absolute atomic E-state index is 4.36. The van der Waals surface area contributed by atoms with E-state index < -0.39 is 0 Å². The van der Waals surface area contributed by atoms with Crippen molar-refractivity contribution in [2.24, 2.45) is 0 Å². The summed E-state index contributed by atoms with van der Waals surface area (Å²) in [5.41, 5.74) is 1.03. The average Bonchev–Trinajstić information content (AvgIpc) is 2.24. The molecule has 1 aromatic rings. The Morgan fingerprint density at radius 2 is 2.12 bits per heavy atom. The molecule has 90 valence electrons. The third-order valence-corrected chi connectivity index (χ3v) is 3.44. The van der Waals surface area contributed by atoms with Gasteiger partial charge in [0.1, 0.15) is 0 Å². The Morgan fingerprint density at radius 1 is 1.38 bits per heavy atom. The monoisotopic (exact) mass is 239 g/mol.